The van der Waals surface area contributed by atoms with Gasteiger partial charge in [-0.1, -0.05) is 165 Å². The van der Waals surface area contributed by atoms with Gasteiger partial charge in [-0.15, -0.1) is 0 Å². The first kappa shape index (κ1) is 33.3. The van der Waals surface area contributed by atoms with Crippen molar-refractivity contribution in [3.8, 4) is 0 Å². The van der Waals surface area contributed by atoms with Gasteiger partial charge in [-0.25, -0.2) is 0 Å². The van der Waals surface area contributed by atoms with E-state index in [0.29, 0.717) is 23.7 Å². The van der Waals surface area contributed by atoms with Crippen LogP contribution in [-0.2, 0) is 0 Å². The van der Waals surface area contributed by atoms with Gasteiger partial charge in [-0.2, -0.15) is 0 Å². The second kappa shape index (κ2) is 14.3. The molecule has 0 amide bonds. The summed E-state index contributed by atoms with van der Waals surface area (Å²) in [7, 11) is 0. The van der Waals surface area contributed by atoms with Crippen LogP contribution in [0.15, 0.2) is 121 Å². The van der Waals surface area contributed by atoms with Gasteiger partial charge in [0.15, 0.2) is 0 Å². The Balaban J connectivity index is 1.64. The molecule has 2 atom stereocenters. The van der Waals surface area contributed by atoms with Crippen LogP contribution in [0.2, 0.25) is 0 Å². The lowest BCUT2D eigenvalue weighted by molar-refractivity contribution is 0.642. The highest BCUT2D eigenvalue weighted by molar-refractivity contribution is 5.84. The summed E-state index contributed by atoms with van der Waals surface area (Å²) in [5.41, 5.74) is 10.5. The lowest BCUT2D eigenvalue weighted by atomic mass is 9.86. The first-order valence-electron chi connectivity index (χ1n) is 17.9. The minimum Gasteiger partial charge on any atom is -0.375 e. The van der Waals surface area contributed by atoms with E-state index < -0.39 is 0 Å². The summed E-state index contributed by atoms with van der Waals surface area (Å²) in [6.07, 6.45) is 0. The minimum atomic E-state index is -0.0756. The Labute approximate surface area is 288 Å². The number of hydrogen-bond donors (Lipinski definition) is 2. The van der Waals surface area contributed by atoms with E-state index in [1.54, 1.807) is 0 Å². The zero-order valence-electron chi connectivity index (χ0n) is 30.0. The molecule has 2 heteroatoms. The van der Waals surface area contributed by atoms with Crippen LogP contribution in [0, 0.1) is 0 Å². The maximum atomic E-state index is 4.26. The number of anilines is 2. The van der Waals surface area contributed by atoms with Crippen LogP contribution in [0.3, 0.4) is 0 Å². The second-order valence-corrected chi connectivity index (χ2v) is 14.7. The summed E-state index contributed by atoms with van der Waals surface area (Å²) in [4.78, 5) is 0. The summed E-state index contributed by atoms with van der Waals surface area (Å²) in [5, 5.41) is 13.5. The molecule has 0 bridgehead atoms. The number of fused-ring (bicyclic) bond motifs is 2. The molecule has 2 N–H and O–H groups in total. The lowest BCUT2D eigenvalue weighted by Gasteiger charge is -2.35. The summed E-state index contributed by atoms with van der Waals surface area (Å²) < 4.78 is 0. The van der Waals surface area contributed by atoms with Crippen molar-refractivity contribution in [2.24, 2.45) is 0 Å². The normalized spacial score (nSPS) is 13.2. The Hall–Kier alpha value is -4.56. The first-order chi connectivity index (χ1) is 23.1. The van der Waals surface area contributed by atoms with E-state index in [0.717, 1.165) is 0 Å². The summed E-state index contributed by atoms with van der Waals surface area (Å²) in [6, 6.07) is 45.0. The molecule has 0 aromatic heterocycles. The second-order valence-electron chi connectivity index (χ2n) is 14.7. The molecule has 6 aromatic carbocycles. The van der Waals surface area contributed by atoms with Gasteiger partial charge in [0.1, 0.15) is 0 Å². The molecule has 0 saturated carbocycles. The van der Waals surface area contributed by atoms with E-state index in [4.69, 9.17) is 0 Å². The van der Waals surface area contributed by atoms with Gasteiger partial charge in [0.25, 0.3) is 0 Å². The van der Waals surface area contributed by atoms with Crippen LogP contribution in [0.25, 0.3) is 21.5 Å². The van der Waals surface area contributed by atoms with Crippen LogP contribution in [-0.4, -0.2) is 0 Å². The molecule has 2 nitrogen and oxygen atoms in total. The smallest absolute Gasteiger partial charge is 0.0757 e. The third kappa shape index (κ3) is 6.85. The zero-order valence-corrected chi connectivity index (χ0v) is 30.0. The van der Waals surface area contributed by atoms with Crippen LogP contribution in [0.5, 0.6) is 0 Å². The standard InChI is InChI=1S/C46H52N2/c1-29(2)39-19-13-20-40(30(3)4)45(39)47-43(37-25-23-33-15-9-11-17-35(33)27-37)44(38-26-24-34-16-10-12-18-36(34)28-38)48-46-41(31(5)6)21-14-22-42(46)32(7)8/h9-32,43-44,47-48H,1-8H3/t43-,44-/m0/s1. The van der Waals surface area contributed by atoms with E-state index in [2.05, 4.69) is 187 Å². The molecule has 0 unspecified atom stereocenters. The van der Waals surface area contributed by atoms with Crippen molar-refractivity contribution >= 4 is 32.9 Å². The quantitative estimate of drug-likeness (QED) is 0.148. The van der Waals surface area contributed by atoms with Gasteiger partial charge >= 0.3 is 0 Å². The molecular weight excluding hydrogens is 581 g/mol. The van der Waals surface area contributed by atoms with Crippen molar-refractivity contribution in [1.29, 1.82) is 0 Å². The fourth-order valence-corrected chi connectivity index (χ4v) is 7.27. The lowest BCUT2D eigenvalue weighted by Crippen LogP contribution is -2.28. The van der Waals surface area contributed by atoms with Gasteiger partial charge in [0, 0.05) is 11.4 Å². The van der Waals surface area contributed by atoms with Crippen molar-refractivity contribution in [2.45, 2.75) is 91.1 Å². The topological polar surface area (TPSA) is 24.1 Å². The maximum Gasteiger partial charge on any atom is 0.0757 e. The highest BCUT2D eigenvalue weighted by Gasteiger charge is 2.30. The average Bonchev–Trinajstić information content (AvgIpc) is 3.08. The molecule has 0 saturated heterocycles. The van der Waals surface area contributed by atoms with E-state index in [1.165, 1.54) is 66.3 Å². The predicted molar refractivity (Wildman–Crippen MR) is 210 cm³/mol. The summed E-state index contributed by atoms with van der Waals surface area (Å²) >= 11 is 0. The van der Waals surface area contributed by atoms with Gasteiger partial charge in [0.2, 0.25) is 0 Å². The third-order valence-electron chi connectivity index (χ3n) is 9.94. The van der Waals surface area contributed by atoms with Crippen molar-refractivity contribution in [3.05, 3.63) is 155 Å². The van der Waals surface area contributed by atoms with E-state index in [-0.39, 0.29) is 12.1 Å². The van der Waals surface area contributed by atoms with Crippen LogP contribution < -0.4 is 10.6 Å². The Morgan fingerprint density at radius 1 is 0.333 bits per heavy atom. The molecule has 48 heavy (non-hydrogen) atoms. The van der Waals surface area contributed by atoms with E-state index >= 15 is 0 Å². The molecule has 246 valence electrons. The minimum absolute atomic E-state index is 0.0756. The fourth-order valence-electron chi connectivity index (χ4n) is 7.27. The number of hydrogen-bond acceptors (Lipinski definition) is 2. The van der Waals surface area contributed by atoms with Crippen LogP contribution in [0.4, 0.5) is 11.4 Å². The Kier molecular flexibility index (Phi) is 9.92. The molecule has 6 aromatic rings. The highest BCUT2D eigenvalue weighted by atomic mass is 15.0. The molecule has 0 aliphatic heterocycles. The largest absolute Gasteiger partial charge is 0.375 e. The Bertz CT molecular complexity index is 1820. The van der Waals surface area contributed by atoms with Crippen LogP contribution >= 0.6 is 0 Å². The molecule has 0 spiro atoms. The maximum absolute atomic E-state index is 4.26. The number of rotatable bonds is 11. The molecule has 0 heterocycles. The van der Waals surface area contributed by atoms with Gasteiger partial charge in [0.05, 0.1) is 12.1 Å². The van der Waals surface area contributed by atoms with Crippen molar-refractivity contribution < 1.29 is 0 Å². The van der Waals surface area contributed by atoms with Crippen LogP contribution in [0.1, 0.15) is 125 Å². The highest BCUT2D eigenvalue weighted by Crippen LogP contribution is 2.43. The number of benzene rings is 6. The van der Waals surface area contributed by atoms with E-state index in [9.17, 15) is 0 Å². The molecule has 0 aliphatic rings. The van der Waals surface area contributed by atoms with Gasteiger partial charge < -0.3 is 10.6 Å². The SMILES string of the molecule is CC(C)c1cccc(C(C)C)c1N[C@@H](c1ccc2ccccc2c1)[C@@H](Nc1c(C(C)C)cccc1C(C)C)c1ccc2ccccc2c1. The van der Waals surface area contributed by atoms with E-state index in [1.807, 2.05) is 0 Å². The van der Waals surface area contributed by atoms with Crippen molar-refractivity contribution in [3.63, 3.8) is 0 Å². The monoisotopic (exact) mass is 632 g/mol. The number of nitrogens with one attached hydrogen (secondary N) is 2. The summed E-state index contributed by atoms with van der Waals surface area (Å²) in [5.74, 6) is 1.52. The molecule has 0 fully saturated rings. The number of para-hydroxylation sites is 2. The molecule has 0 aliphatic carbocycles. The van der Waals surface area contributed by atoms with Crippen molar-refractivity contribution in [2.75, 3.05) is 10.6 Å². The molecule has 0 radical (unpaired) electrons. The van der Waals surface area contributed by atoms with Gasteiger partial charge in [-0.3, -0.25) is 0 Å². The Morgan fingerprint density at radius 2 is 0.646 bits per heavy atom. The zero-order chi connectivity index (χ0) is 33.9. The first-order valence-corrected chi connectivity index (χ1v) is 17.9. The van der Waals surface area contributed by atoms with Crippen molar-refractivity contribution in [1.82, 2.24) is 0 Å². The predicted octanol–water partition coefficient (Wildman–Crippen LogP) is 13.5. The third-order valence-corrected chi connectivity index (χ3v) is 9.94. The Morgan fingerprint density at radius 3 is 0.958 bits per heavy atom. The summed E-state index contributed by atoms with van der Waals surface area (Å²) in [6.45, 7) is 18.5. The molecule has 6 rings (SSSR count). The fraction of sp³-hybridized carbons (Fsp3) is 0.304. The average molecular weight is 633 g/mol. The van der Waals surface area contributed by atoms with Gasteiger partial charge in [-0.05, 0) is 90.7 Å². The molecular formula is C46H52N2.